The third-order valence-electron chi connectivity index (χ3n) is 3.14. The zero-order chi connectivity index (χ0) is 15.8. The summed E-state index contributed by atoms with van der Waals surface area (Å²) in [5, 5.41) is 22.3. The molecule has 1 heterocycles. The average molecular weight is 303 g/mol. The number of rotatable bonds is 5. The van der Waals surface area contributed by atoms with E-state index >= 15 is 0 Å². The Bertz CT molecular complexity index is 381. The van der Waals surface area contributed by atoms with Crippen molar-refractivity contribution < 1.29 is 29.3 Å². The number of hydrogen-bond acceptors (Lipinski definition) is 5. The van der Waals surface area contributed by atoms with Gasteiger partial charge in [-0.1, -0.05) is 0 Å². The lowest BCUT2D eigenvalue weighted by atomic mass is 10.1. The van der Waals surface area contributed by atoms with Crippen LogP contribution in [-0.4, -0.2) is 71.6 Å². The van der Waals surface area contributed by atoms with Crippen LogP contribution < -0.4 is 10.6 Å². The number of amides is 3. The molecule has 4 N–H and O–H groups in total. The van der Waals surface area contributed by atoms with Gasteiger partial charge < -0.3 is 30.5 Å². The normalized spacial score (nSPS) is 17.0. The van der Waals surface area contributed by atoms with Gasteiger partial charge in [0.05, 0.1) is 13.2 Å². The van der Waals surface area contributed by atoms with Gasteiger partial charge in [0, 0.05) is 19.1 Å². The summed E-state index contributed by atoms with van der Waals surface area (Å²) in [5.41, 5.74) is 0. The number of nitrogens with one attached hydrogen (secondary N) is 2. The van der Waals surface area contributed by atoms with Gasteiger partial charge in [-0.25, -0.2) is 14.4 Å². The Labute approximate surface area is 122 Å². The predicted octanol–water partition coefficient (Wildman–Crippen LogP) is -0.648. The molecule has 0 aliphatic carbocycles. The minimum atomic E-state index is -1.33. The summed E-state index contributed by atoms with van der Waals surface area (Å²) in [6, 6.07) is -2.13. The van der Waals surface area contributed by atoms with Crippen molar-refractivity contribution in [3.8, 4) is 0 Å². The molecule has 3 amide bonds. The number of aliphatic hydroxyl groups excluding tert-OH is 1. The second-order valence-electron chi connectivity index (χ2n) is 4.65. The number of piperidine rings is 1. The minimum Gasteiger partial charge on any atom is -0.480 e. The van der Waals surface area contributed by atoms with E-state index in [1.54, 1.807) is 11.8 Å². The molecule has 120 valence electrons. The number of aliphatic carboxylic acids is 1. The topological polar surface area (TPSA) is 128 Å². The van der Waals surface area contributed by atoms with Crippen LogP contribution in [0.5, 0.6) is 0 Å². The molecule has 0 aromatic carbocycles. The highest BCUT2D eigenvalue weighted by atomic mass is 16.6. The molecule has 9 heteroatoms. The number of carbonyl (C=O) groups excluding carboxylic acids is 2. The number of carboxylic acids is 1. The molecule has 0 radical (unpaired) electrons. The van der Waals surface area contributed by atoms with Crippen molar-refractivity contribution in [2.75, 3.05) is 26.3 Å². The number of carboxylic acid groups (broad SMARTS) is 1. The number of nitrogens with zero attached hydrogens (tertiary/aromatic N) is 1. The molecular weight excluding hydrogens is 282 g/mol. The van der Waals surface area contributed by atoms with Crippen LogP contribution in [0.2, 0.25) is 0 Å². The first-order valence-corrected chi connectivity index (χ1v) is 6.80. The van der Waals surface area contributed by atoms with Gasteiger partial charge in [-0.15, -0.1) is 0 Å². The van der Waals surface area contributed by atoms with E-state index in [4.69, 9.17) is 14.9 Å². The lowest BCUT2D eigenvalue weighted by molar-refractivity contribution is -0.140. The Kier molecular flexibility index (Phi) is 6.73. The van der Waals surface area contributed by atoms with Crippen LogP contribution in [0.15, 0.2) is 0 Å². The maximum atomic E-state index is 11.6. The van der Waals surface area contributed by atoms with Crippen molar-refractivity contribution in [2.24, 2.45) is 0 Å². The number of carbonyl (C=O) groups is 3. The fraction of sp³-hybridized carbons (Fsp3) is 0.750. The van der Waals surface area contributed by atoms with Crippen molar-refractivity contribution in [2.45, 2.75) is 31.8 Å². The van der Waals surface area contributed by atoms with E-state index in [-0.39, 0.29) is 12.1 Å². The molecule has 0 bridgehead atoms. The van der Waals surface area contributed by atoms with Gasteiger partial charge in [-0.05, 0) is 19.8 Å². The molecule has 1 saturated heterocycles. The number of aliphatic hydroxyl groups is 1. The lowest BCUT2D eigenvalue weighted by Gasteiger charge is -2.31. The van der Waals surface area contributed by atoms with Crippen molar-refractivity contribution >= 4 is 18.1 Å². The van der Waals surface area contributed by atoms with Crippen molar-refractivity contribution in [1.29, 1.82) is 0 Å². The van der Waals surface area contributed by atoms with E-state index in [0.29, 0.717) is 32.5 Å². The molecule has 21 heavy (non-hydrogen) atoms. The fourth-order valence-corrected chi connectivity index (χ4v) is 1.99. The molecule has 1 atom stereocenters. The standard InChI is InChI=1S/C12H21N3O6/c1-2-21-12(20)15-5-3-8(4-6-15)13-11(19)14-9(7-16)10(17)18/h8-9,16H,2-7H2,1H3,(H,17,18)(H2,13,14,19)/t9-/m0/s1. The van der Waals surface area contributed by atoms with E-state index in [0.717, 1.165) is 0 Å². The van der Waals surface area contributed by atoms with Gasteiger partial charge in [0.15, 0.2) is 6.04 Å². The van der Waals surface area contributed by atoms with Gasteiger partial charge in [-0.2, -0.15) is 0 Å². The van der Waals surface area contributed by atoms with Crippen LogP contribution in [0.3, 0.4) is 0 Å². The summed E-state index contributed by atoms with van der Waals surface area (Å²) in [6.07, 6.45) is 0.748. The van der Waals surface area contributed by atoms with Crippen LogP contribution in [0.4, 0.5) is 9.59 Å². The summed E-state index contributed by atoms with van der Waals surface area (Å²) in [6.45, 7) is 2.30. The molecule has 0 aromatic heterocycles. The zero-order valence-corrected chi connectivity index (χ0v) is 11.9. The zero-order valence-electron chi connectivity index (χ0n) is 11.9. The van der Waals surface area contributed by atoms with Gasteiger partial charge in [-0.3, -0.25) is 0 Å². The molecule has 1 fully saturated rings. The molecule has 1 aliphatic heterocycles. The first-order valence-electron chi connectivity index (χ1n) is 6.80. The van der Waals surface area contributed by atoms with Crippen LogP contribution >= 0.6 is 0 Å². The van der Waals surface area contributed by atoms with Gasteiger partial charge >= 0.3 is 18.1 Å². The molecule has 0 spiro atoms. The van der Waals surface area contributed by atoms with Gasteiger partial charge in [0.2, 0.25) is 0 Å². The summed E-state index contributed by atoms with van der Waals surface area (Å²) in [7, 11) is 0. The van der Waals surface area contributed by atoms with Crippen LogP contribution in [0.25, 0.3) is 0 Å². The average Bonchev–Trinajstić information content (AvgIpc) is 2.45. The lowest BCUT2D eigenvalue weighted by Crippen LogP contribution is -2.53. The monoisotopic (exact) mass is 303 g/mol. The summed E-state index contributed by atoms with van der Waals surface area (Å²) in [5.74, 6) is -1.30. The predicted molar refractivity (Wildman–Crippen MR) is 71.8 cm³/mol. The van der Waals surface area contributed by atoms with E-state index in [9.17, 15) is 14.4 Å². The number of urea groups is 1. The Hall–Kier alpha value is -2.03. The van der Waals surface area contributed by atoms with Crippen molar-refractivity contribution in [1.82, 2.24) is 15.5 Å². The Morgan fingerprint density at radius 3 is 2.43 bits per heavy atom. The first kappa shape index (κ1) is 17.0. The first-order chi connectivity index (χ1) is 9.97. The Balaban J connectivity index is 2.33. The summed E-state index contributed by atoms with van der Waals surface area (Å²) in [4.78, 5) is 35.3. The van der Waals surface area contributed by atoms with Crippen LogP contribution in [-0.2, 0) is 9.53 Å². The van der Waals surface area contributed by atoms with Gasteiger partial charge in [0.25, 0.3) is 0 Å². The maximum Gasteiger partial charge on any atom is 0.409 e. The van der Waals surface area contributed by atoms with E-state index in [1.165, 1.54) is 0 Å². The SMILES string of the molecule is CCOC(=O)N1CCC(NC(=O)N[C@@H](CO)C(=O)O)CC1. The smallest absolute Gasteiger partial charge is 0.409 e. The van der Waals surface area contributed by atoms with E-state index < -0.39 is 24.6 Å². The number of hydrogen-bond donors (Lipinski definition) is 4. The van der Waals surface area contributed by atoms with E-state index in [1.807, 2.05) is 0 Å². The number of likely N-dealkylation sites (tertiary alicyclic amines) is 1. The molecule has 0 saturated carbocycles. The molecule has 9 nitrogen and oxygen atoms in total. The van der Waals surface area contributed by atoms with Gasteiger partial charge in [0.1, 0.15) is 0 Å². The maximum absolute atomic E-state index is 11.6. The highest BCUT2D eigenvalue weighted by Gasteiger charge is 2.26. The molecular formula is C12H21N3O6. The largest absolute Gasteiger partial charge is 0.480 e. The second kappa shape index (κ2) is 8.30. The van der Waals surface area contributed by atoms with Crippen LogP contribution in [0, 0.1) is 0 Å². The minimum absolute atomic E-state index is 0.149. The summed E-state index contributed by atoms with van der Waals surface area (Å²) >= 11 is 0. The quantitative estimate of drug-likeness (QED) is 0.534. The molecule has 0 unspecified atom stereocenters. The van der Waals surface area contributed by atoms with E-state index in [2.05, 4.69) is 10.6 Å². The highest BCUT2D eigenvalue weighted by Crippen LogP contribution is 2.11. The molecule has 1 rings (SSSR count). The highest BCUT2D eigenvalue weighted by molar-refractivity contribution is 5.82. The third-order valence-corrected chi connectivity index (χ3v) is 3.14. The van der Waals surface area contributed by atoms with Crippen molar-refractivity contribution in [3.05, 3.63) is 0 Å². The third kappa shape index (κ3) is 5.46. The Morgan fingerprint density at radius 1 is 1.33 bits per heavy atom. The molecule has 0 aromatic rings. The molecule has 1 aliphatic rings. The van der Waals surface area contributed by atoms with Crippen molar-refractivity contribution in [3.63, 3.8) is 0 Å². The second-order valence-corrected chi connectivity index (χ2v) is 4.65. The Morgan fingerprint density at radius 2 is 1.95 bits per heavy atom. The summed E-state index contributed by atoms with van der Waals surface area (Å²) < 4.78 is 4.89. The van der Waals surface area contributed by atoms with Crippen LogP contribution in [0.1, 0.15) is 19.8 Å². The fourth-order valence-electron chi connectivity index (χ4n) is 1.99. The number of ether oxygens (including phenoxy) is 1.